The SMILES string of the molecule is CCc1ccccc1C(=O)NC1CCCC1C(N)=S. The minimum atomic E-state index is -0.00870. The molecule has 0 saturated heterocycles. The highest BCUT2D eigenvalue weighted by Crippen LogP contribution is 2.26. The lowest BCUT2D eigenvalue weighted by Crippen LogP contribution is -2.41. The number of hydrogen-bond donors (Lipinski definition) is 2. The lowest BCUT2D eigenvalue weighted by atomic mass is 10.0. The summed E-state index contributed by atoms with van der Waals surface area (Å²) in [6.45, 7) is 2.06. The van der Waals surface area contributed by atoms with Gasteiger partial charge in [0.15, 0.2) is 0 Å². The summed E-state index contributed by atoms with van der Waals surface area (Å²) in [5, 5.41) is 3.09. The third kappa shape index (κ3) is 3.13. The van der Waals surface area contributed by atoms with Crippen molar-refractivity contribution in [3.63, 3.8) is 0 Å². The number of carbonyl (C=O) groups excluding carboxylic acids is 1. The molecule has 0 bridgehead atoms. The van der Waals surface area contributed by atoms with E-state index in [0.717, 1.165) is 36.8 Å². The first-order chi connectivity index (χ1) is 9.13. The van der Waals surface area contributed by atoms with Crippen LogP contribution in [0.2, 0.25) is 0 Å². The fraction of sp³-hybridized carbons (Fsp3) is 0.467. The molecule has 1 fully saturated rings. The topological polar surface area (TPSA) is 55.1 Å². The molecule has 0 aromatic heterocycles. The minimum Gasteiger partial charge on any atom is -0.393 e. The van der Waals surface area contributed by atoms with Crippen molar-refractivity contribution in [3.8, 4) is 0 Å². The largest absolute Gasteiger partial charge is 0.393 e. The first-order valence-electron chi connectivity index (χ1n) is 6.81. The number of aryl methyl sites for hydroxylation is 1. The maximum Gasteiger partial charge on any atom is 0.251 e. The zero-order valence-electron chi connectivity index (χ0n) is 11.2. The normalized spacial score (nSPS) is 22.2. The van der Waals surface area contributed by atoms with Gasteiger partial charge in [0, 0.05) is 17.5 Å². The van der Waals surface area contributed by atoms with Gasteiger partial charge in [-0.05, 0) is 30.9 Å². The summed E-state index contributed by atoms with van der Waals surface area (Å²) in [7, 11) is 0. The molecule has 1 aromatic carbocycles. The van der Waals surface area contributed by atoms with Crippen molar-refractivity contribution in [2.24, 2.45) is 11.7 Å². The number of carbonyl (C=O) groups is 1. The first kappa shape index (κ1) is 14.0. The average molecular weight is 276 g/mol. The molecule has 0 spiro atoms. The average Bonchev–Trinajstić information content (AvgIpc) is 2.87. The molecule has 1 aliphatic carbocycles. The molecule has 1 aliphatic rings. The summed E-state index contributed by atoms with van der Waals surface area (Å²) in [6, 6.07) is 7.82. The van der Waals surface area contributed by atoms with Crippen LogP contribution in [0.5, 0.6) is 0 Å². The third-order valence-corrected chi connectivity index (χ3v) is 4.14. The highest BCUT2D eigenvalue weighted by Gasteiger charge is 2.30. The molecule has 0 radical (unpaired) electrons. The van der Waals surface area contributed by atoms with E-state index in [1.807, 2.05) is 24.3 Å². The van der Waals surface area contributed by atoms with E-state index in [1.165, 1.54) is 0 Å². The zero-order valence-corrected chi connectivity index (χ0v) is 12.0. The number of hydrogen-bond acceptors (Lipinski definition) is 2. The Bertz CT molecular complexity index is 487. The van der Waals surface area contributed by atoms with Crippen LogP contribution >= 0.6 is 12.2 Å². The molecule has 1 saturated carbocycles. The molecular weight excluding hydrogens is 256 g/mol. The van der Waals surface area contributed by atoms with Gasteiger partial charge in [-0.3, -0.25) is 4.79 Å². The second kappa shape index (κ2) is 6.15. The number of rotatable bonds is 4. The fourth-order valence-electron chi connectivity index (χ4n) is 2.77. The first-order valence-corrected chi connectivity index (χ1v) is 7.22. The molecule has 0 heterocycles. The van der Waals surface area contributed by atoms with Crippen LogP contribution < -0.4 is 11.1 Å². The standard InChI is InChI=1S/C15H20N2OS/c1-2-10-6-3-4-7-11(10)15(18)17-13-9-5-8-12(13)14(16)19/h3-4,6-7,12-13H,2,5,8-9H2,1H3,(H2,16,19)(H,17,18). The number of amides is 1. The van der Waals surface area contributed by atoms with Crippen LogP contribution in [-0.4, -0.2) is 16.9 Å². The van der Waals surface area contributed by atoms with Crippen LogP contribution in [0.25, 0.3) is 0 Å². The van der Waals surface area contributed by atoms with Crippen molar-refractivity contribution in [3.05, 3.63) is 35.4 Å². The summed E-state index contributed by atoms with van der Waals surface area (Å²) >= 11 is 5.08. The predicted octanol–water partition coefficient (Wildman–Crippen LogP) is 2.43. The molecule has 1 aromatic rings. The minimum absolute atomic E-state index is 0.00870. The monoisotopic (exact) mass is 276 g/mol. The quantitative estimate of drug-likeness (QED) is 0.831. The third-order valence-electron chi connectivity index (χ3n) is 3.84. The van der Waals surface area contributed by atoms with Gasteiger partial charge in [-0.2, -0.15) is 0 Å². The molecule has 2 rings (SSSR count). The second-order valence-corrected chi connectivity index (χ2v) is 5.50. The molecule has 19 heavy (non-hydrogen) atoms. The second-order valence-electron chi connectivity index (χ2n) is 5.03. The van der Waals surface area contributed by atoms with E-state index in [1.54, 1.807) is 0 Å². The Kier molecular flexibility index (Phi) is 4.53. The van der Waals surface area contributed by atoms with Gasteiger partial charge >= 0.3 is 0 Å². The van der Waals surface area contributed by atoms with E-state index in [9.17, 15) is 4.79 Å². The molecule has 1 amide bonds. The van der Waals surface area contributed by atoms with E-state index >= 15 is 0 Å². The van der Waals surface area contributed by atoms with Crippen molar-refractivity contribution in [1.82, 2.24) is 5.32 Å². The Morgan fingerprint density at radius 3 is 2.84 bits per heavy atom. The molecule has 2 unspecified atom stereocenters. The molecule has 3 N–H and O–H groups in total. The van der Waals surface area contributed by atoms with E-state index in [0.29, 0.717) is 4.99 Å². The maximum absolute atomic E-state index is 12.4. The zero-order chi connectivity index (χ0) is 13.8. The predicted molar refractivity (Wildman–Crippen MR) is 81.2 cm³/mol. The Hall–Kier alpha value is -1.42. The van der Waals surface area contributed by atoms with Crippen molar-refractivity contribution < 1.29 is 4.79 Å². The summed E-state index contributed by atoms with van der Waals surface area (Å²) < 4.78 is 0. The number of benzene rings is 1. The number of thiocarbonyl (C=S) groups is 1. The van der Waals surface area contributed by atoms with Crippen LogP contribution in [0.1, 0.15) is 42.1 Å². The summed E-state index contributed by atoms with van der Waals surface area (Å²) in [6.07, 6.45) is 3.87. The van der Waals surface area contributed by atoms with Gasteiger partial charge < -0.3 is 11.1 Å². The van der Waals surface area contributed by atoms with Crippen molar-refractivity contribution in [2.75, 3.05) is 0 Å². The highest BCUT2D eigenvalue weighted by atomic mass is 32.1. The molecule has 3 nitrogen and oxygen atoms in total. The highest BCUT2D eigenvalue weighted by molar-refractivity contribution is 7.80. The van der Waals surface area contributed by atoms with Gasteiger partial charge in [0.05, 0.1) is 4.99 Å². The van der Waals surface area contributed by atoms with Gasteiger partial charge in [0.1, 0.15) is 0 Å². The number of nitrogens with two attached hydrogens (primary N) is 1. The van der Waals surface area contributed by atoms with E-state index in [-0.39, 0.29) is 17.9 Å². The molecule has 2 atom stereocenters. The van der Waals surface area contributed by atoms with Gasteiger partial charge in [-0.15, -0.1) is 0 Å². The van der Waals surface area contributed by atoms with Crippen molar-refractivity contribution in [1.29, 1.82) is 0 Å². The van der Waals surface area contributed by atoms with Crippen LogP contribution in [-0.2, 0) is 6.42 Å². The molecule has 4 heteroatoms. The number of nitrogens with one attached hydrogen (secondary N) is 1. The van der Waals surface area contributed by atoms with E-state index in [4.69, 9.17) is 18.0 Å². The molecule has 102 valence electrons. The van der Waals surface area contributed by atoms with Crippen molar-refractivity contribution in [2.45, 2.75) is 38.6 Å². The summed E-state index contributed by atoms with van der Waals surface area (Å²) in [4.78, 5) is 12.9. The molecule has 0 aliphatic heterocycles. The Morgan fingerprint density at radius 1 is 1.42 bits per heavy atom. The van der Waals surface area contributed by atoms with E-state index in [2.05, 4.69) is 12.2 Å². The van der Waals surface area contributed by atoms with Gasteiger partial charge in [-0.25, -0.2) is 0 Å². The van der Waals surface area contributed by atoms with Crippen LogP contribution in [0.15, 0.2) is 24.3 Å². The summed E-state index contributed by atoms with van der Waals surface area (Å²) in [5.41, 5.74) is 7.58. The van der Waals surface area contributed by atoms with Gasteiger partial charge in [0.25, 0.3) is 5.91 Å². The summed E-state index contributed by atoms with van der Waals surface area (Å²) in [5.74, 6) is 0.137. The lowest BCUT2D eigenvalue weighted by Gasteiger charge is -2.20. The lowest BCUT2D eigenvalue weighted by molar-refractivity contribution is 0.0933. The Morgan fingerprint density at radius 2 is 2.16 bits per heavy atom. The van der Waals surface area contributed by atoms with Crippen LogP contribution in [0.4, 0.5) is 0 Å². The Balaban J connectivity index is 2.10. The van der Waals surface area contributed by atoms with Gasteiger partial charge in [0.2, 0.25) is 0 Å². The smallest absolute Gasteiger partial charge is 0.251 e. The Labute approximate surface area is 119 Å². The van der Waals surface area contributed by atoms with Crippen LogP contribution in [0.3, 0.4) is 0 Å². The fourth-order valence-corrected chi connectivity index (χ4v) is 3.05. The molecular formula is C15H20N2OS. The van der Waals surface area contributed by atoms with Crippen molar-refractivity contribution >= 4 is 23.1 Å². The van der Waals surface area contributed by atoms with E-state index < -0.39 is 0 Å². The van der Waals surface area contributed by atoms with Gasteiger partial charge in [-0.1, -0.05) is 43.8 Å². The van der Waals surface area contributed by atoms with Crippen LogP contribution in [0, 0.1) is 5.92 Å². The maximum atomic E-state index is 12.4.